The van der Waals surface area contributed by atoms with E-state index in [1.54, 1.807) is 6.92 Å². The minimum absolute atomic E-state index is 0.115. The molecule has 2 atom stereocenters. The molecule has 0 amide bonds. The molecular weight excluding hydrogens is 200 g/mol. The highest BCUT2D eigenvalue weighted by Gasteiger charge is 2.26. The molecule has 1 aliphatic rings. The molecule has 16 heavy (non-hydrogen) atoms. The predicted octanol–water partition coefficient (Wildman–Crippen LogP) is 2.59. The van der Waals surface area contributed by atoms with Crippen molar-refractivity contribution in [2.24, 2.45) is 5.92 Å². The van der Waals surface area contributed by atoms with Crippen LogP contribution in [0.25, 0.3) is 0 Å². The van der Waals surface area contributed by atoms with Crippen molar-refractivity contribution in [2.75, 3.05) is 0 Å². The van der Waals surface area contributed by atoms with Gasteiger partial charge in [0, 0.05) is 11.5 Å². The normalized spacial score (nSPS) is 21.6. The second-order valence-corrected chi connectivity index (χ2v) is 4.68. The molecular formula is C14H18O2. The number of carbonyl (C=O) groups excluding carboxylic acids is 1. The van der Waals surface area contributed by atoms with E-state index in [0.29, 0.717) is 0 Å². The summed E-state index contributed by atoms with van der Waals surface area (Å²) in [5.74, 6) is 0.381. The van der Waals surface area contributed by atoms with Gasteiger partial charge in [-0.3, -0.25) is 4.79 Å². The first-order chi connectivity index (χ1) is 7.68. The lowest BCUT2D eigenvalue weighted by Gasteiger charge is -2.23. The summed E-state index contributed by atoms with van der Waals surface area (Å²) in [6.45, 7) is 1.78. The van der Waals surface area contributed by atoms with Crippen molar-refractivity contribution in [1.82, 2.24) is 0 Å². The van der Waals surface area contributed by atoms with Gasteiger partial charge in [0.2, 0.25) is 0 Å². The van der Waals surface area contributed by atoms with Gasteiger partial charge in [0.15, 0.2) is 5.78 Å². The van der Waals surface area contributed by atoms with Crippen LogP contribution in [-0.4, -0.2) is 17.0 Å². The smallest absolute Gasteiger partial charge is 0.166 e. The summed E-state index contributed by atoms with van der Waals surface area (Å²) in [4.78, 5) is 12.1. The van der Waals surface area contributed by atoms with Gasteiger partial charge in [-0.05, 0) is 38.2 Å². The molecule has 1 aliphatic carbocycles. The Balaban J connectivity index is 2.09. The zero-order valence-electron chi connectivity index (χ0n) is 9.65. The SMILES string of the molecule is CC(O)CCC1CCc2ccccc2C1=O. The maximum atomic E-state index is 12.1. The van der Waals surface area contributed by atoms with E-state index in [-0.39, 0.29) is 17.8 Å². The molecule has 2 rings (SSSR count). The fourth-order valence-electron chi connectivity index (χ4n) is 2.38. The van der Waals surface area contributed by atoms with Crippen LogP contribution in [0, 0.1) is 5.92 Å². The molecule has 2 unspecified atom stereocenters. The summed E-state index contributed by atoms with van der Waals surface area (Å²) < 4.78 is 0. The van der Waals surface area contributed by atoms with E-state index in [0.717, 1.165) is 31.2 Å². The minimum Gasteiger partial charge on any atom is -0.393 e. The fourth-order valence-corrected chi connectivity index (χ4v) is 2.38. The number of carbonyl (C=O) groups is 1. The lowest BCUT2D eigenvalue weighted by Crippen LogP contribution is -2.23. The van der Waals surface area contributed by atoms with Crippen LogP contribution < -0.4 is 0 Å². The Bertz CT molecular complexity index is 382. The molecule has 0 saturated carbocycles. The Morgan fingerprint density at radius 3 is 2.94 bits per heavy atom. The highest BCUT2D eigenvalue weighted by molar-refractivity contribution is 6.00. The summed E-state index contributed by atoms with van der Waals surface area (Å²) in [7, 11) is 0. The average Bonchev–Trinajstić information content (AvgIpc) is 2.28. The van der Waals surface area contributed by atoms with Crippen LogP contribution in [0.2, 0.25) is 0 Å². The van der Waals surface area contributed by atoms with Crippen molar-refractivity contribution in [3.05, 3.63) is 35.4 Å². The van der Waals surface area contributed by atoms with E-state index in [1.165, 1.54) is 5.56 Å². The van der Waals surface area contributed by atoms with Gasteiger partial charge < -0.3 is 5.11 Å². The number of Topliss-reactive ketones (excluding diaryl/α,β-unsaturated/α-hetero) is 1. The van der Waals surface area contributed by atoms with E-state index in [2.05, 4.69) is 0 Å². The molecule has 86 valence electrons. The van der Waals surface area contributed by atoms with Crippen LogP contribution in [0.3, 0.4) is 0 Å². The van der Waals surface area contributed by atoms with Crippen LogP contribution in [0.1, 0.15) is 42.1 Å². The molecule has 0 spiro atoms. The fraction of sp³-hybridized carbons (Fsp3) is 0.500. The maximum Gasteiger partial charge on any atom is 0.166 e. The predicted molar refractivity (Wildman–Crippen MR) is 63.5 cm³/mol. The van der Waals surface area contributed by atoms with Crippen molar-refractivity contribution in [2.45, 2.75) is 38.7 Å². The second kappa shape index (κ2) is 4.79. The number of aliphatic hydroxyl groups is 1. The number of hydrogen-bond acceptors (Lipinski definition) is 2. The molecule has 0 bridgehead atoms. The van der Waals surface area contributed by atoms with Gasteiger partial charge in [-0.25, -0.2) is 0 Å². The summed E-state index contributed by atoms with van der Waals surface area (Å²) in [6, 6.07) is 7.88. The summed E-state index contributed by atoms with van der Waals surface area (Å²) in [5.41, 5.74) is 2.07. The summed E-state index contributed by atoms with van der Waals surface area (Å²) in [6.07, 6.45) is 3.16. The zero-order valence-corrected chi connectivity index (χ0v) is 9.65. The van der Waals surface area contributed by atoms with Gasteiger partial charge in [0.25, 0.3) is 0 Å². The van der Waals surface area contributed by atoms with Crippen LogP contribution in [0.4, 0.5) is 0 Å². The van der Waals surface area contributed by atoms with Crippen molar-refractivity contribution >= 4 is 5.78 Å². The minimum atomic E-state index is -0.301. The zero-order chi connectivity index (χ0) is 11.5. The highest BCUT2D eigenvalue weighted by atomic mass is 16.3. The van der Waals surface area contributed by atoms with Crippen molar-refractivity contribution in [3.63, 3.8) is 0 Å². The molecule has 0 saturated heterocycles. The number of aliphatic hydroxyl groups excluding tert-OH is 1. The molecule has 0 radical (unpaired) electrons. The molecule has 2 nitrogen and oxygen atoms in total. The first kappa shape index (κ1) is 11.3. The lowest BCUT2D eigenvalue weighted by molar-refractivity contribution is 0.0876. The van der Waals surface area contributed by atoms with Gasteiger partial charge >= 0.3 is 0 Å². The Morgan fingerprint density at radius 1 is 1.44 bits per heavy atom. The molecule has 0 heterocycles. The molecule has 0 aromatic heterocycles. The number of hydrogen-bond donors (Lipinski definition) is 1. The molecule has 2 heteroatoms. The Labute approximate surface area is 96.3 Å². The number of benzene rings is 1. The van der Waals surface area contributed by atoms with E-state index >= 15 is 0 Å². The third kappa shape index (κ3) is 2.33. The summed E-state index contributed by atoms with van der Waals surface area (Å²) in [5, 5.41) is 9.25. The first-order valence-corrected chi connectivity index (χ1v) is 5.98. The lowest BCUT2D eigenvalue weighted by atomic mass is 9.80. The van der Waals surface area contributed by atoms with Crippen LogP contribution in [0.5, 0.6) is 0 Å². The Hall–Kier alpha value is -1.15. The van der Waals surface area contributed by atoms with Gasteiger partial charge in [-0.2, -0.15) is 0 Å². The third-order valence-corrected chi connectivity index (χ3v) is 3.35. The van der Waals surface area contributed by atoms with Crippen LogP contribution in [-0.2, 0) is 6.42 Å². The van der Waals surface area contributed by atoms with E-state index in [1.807, 2.05) is 24.3 Å². The van der Waals surface area contributed by atoms with Crippen molar-refractivity contribution in [3.8, 4) is 0 Å². The third-order valence-electron chi connectivity index (χ3n) is 3.35. The molecule has 1 aromatic carbocycles. The second-order valence-electron chi connectivity index (χ2n) is 4.68. The topological polar surface area (TPSA) is 37.3 Å². The monoisotopic (exact) mass is 218 g/mol. The van der Waals surface area contributed by atoms with Crippen LogP contribution >= 0.6 is 0 Å². The Morgan fingerprint density at radius 2 is 2.19 bits per heavy atom. The van der Waals surface area contributed by atoms with Crippen molar-refractivity contribution in [1.29, 1.82) is 0 Å². The van der Waals surface area contributed by atoms with Gasteiger partial charge in [0.05, 0.1) is 6.10 Å². The quantitative estimate of drug-likeness (QED) is 0.846. The largest absolute Gasteiger partial charge is 0.393 e. The highest BCUT2D eigenvalue weighted by Crippen LogP contribution is 2.28. The standard InChI is InChI=1S/C14H18O2/c1-10(15)6-7-12-9-8-11-4-2-3-5-13(11)14(12)16/h2-5,10,12,15H,6-9H2,1H3. The first-order valence-electron chi connectivity index (χ1n) is 5.98. The molecule has 0 aliphatic heterocycles. The molecule has 1 N–H and O–H groups in total. The van der Waals surface area contributed by atoms with Gasteiger partial charge in [-0.15, -0.1) is 0 Å². The van der Waals surface area contributed by atoms with Gasteiger partial charge in [0.1, 0.15) is 0 Å². The molecule has 0 fully saturated rings. The van der Waals surface area contributed by atoms with Crippen LogP contribution in [0.15, 0.2) is 24.3 Å². The van der Waals surface area contributed by atoms with Crippen molar-refractivity contribution < 1.29 is 9.90 Å². The number of fused-ring (bicyclic) bond motifs is 1. The number of aryl methyl sites for hydroxylation is 1. The maximum absolute atomic E-state index is 12.1. The number of rotatable bonds is 3. The average molecular weight is 218 g/mol. The van der Waals surface area contributed by atoms with E-state index < -0.39 is 0 Å². The molecule has 1 aromatic rings. The van der Waals surface area contributed by atoms with E-state index in [4.69, 9.17) is 0 Å². The number of ketones is 1. The Kier molecular flexibility index (Phi) is 3.39. The van der Waals surface area contributed by atoms with E-state index in [9.17, 15) is 9.90 Å². The van der Waals surface area contributed by atoms with Gasteiger partial charge in [-0.1, -0.05) is 24.3 Å². The summed E-state index contributed by atoms with van der Waals surface area (Å²) >= 11 is 0.